The molecular formula is C16H20FNO2. The first-order valence-corrected chi connectivity index (χ1v) is 6.64. The van der Waals surface area contributed by atoms with Crippen molar-refractivity contribution in [2.24, 2.45) is 5.92 Å². The second-order valence-electron chi connectivity index (χ2n) is 4.85. The van der Waals surface area contributed by atoms with Crippen LogP contribution >= 0.6 is 0 Å². The van der Waals surface area contributed by atoms with Gasteiger partial charge in [0.2, 0.25) is 0 Å². The van der Waals surface area contributed by atoms with Crippen molar-refractivity contribution in [3.05, 3.63) is 35.1 Å². The van der Waals surface area contributed by atoms with E-state index in [1.807, 2.05) is 0 Å². The summed E-state index contributed by atoms with van der Waals surface area (Å²) in [5.41, 5.74) is 0.489. The average Bonchev–Trinajstić information content (AvgIpc) is 2.44. The summed E-state index contributed by atoms with van der Waals surface area (Å²) in [7, 11) is 1.71. The van der Waals surface area contributed by atoms with E-state index in [1.54, 1.807) is 18.0 Å². The normalized spacial score (nSPS) is 11.4. The lowest BCUT2D eigenvalue weighted by atomic mass is 10.1. The van der Waals surface area contributed by atoms with Gasteiger partial charge in [-0.3, -0.25) is 4.79 Å². The minimum Gasteiger partial charge on any atom is -0.384 e. The van der Waals surface area contributed by atoms with Crippen LogP contribution in [-0.4, -0.2) is 36.1 Å². The second-order valence-corrected chi connectivity index (χ2v) is 4.85. The molecule has 0 heterocycles. The maximum atomic E-state index is 13.8. The minimum absolute atomic E-state index is 0.181. The van der Waals surface area contributed by atoms with E-state index in [1.165, 1.54) is 12.1 Å². The largest absolute Gasteiger partial charge is 0.384 e. The van der Waals surface area contributed by atoms with Crippen molar-refractivity contribution in [3.8, 4) is 11.8 Å². The Morgan fingerprint density at radius 2 is 2.20 bits per heavy atom. The van der Waals surface area contributed by atoms with Crippen molar-refractivity contribution in [2.75, 3.05) is 20.2 Å². The molecule has 108 valence electrons. The lowest BCUT2D eigenvalue weighted by Gasteiger charge is -2.20. The highest BCUT2D eigenvalue weighted by molar-refractivity contribution is 5.94. The van der Waals surface area contributed by atoms with Gasteiger partial charge in [-0.05, 0) is 24.1 Å². The van der Waals surface area contributed by atoms with Gasteiger partial charge in [0, 0.05) is 19.2 Å². The molecule has 0 spiro atoms. The maximum absolute atomic E-state index is 13.8. The fourth-order valence-electron chi connectivity index (χ4n) is 1.78. The quantitative estimate of drug-likeness (QED) is 0.858. The van der Waals surface area contributed by atoms with Gasteiger partial charge in [0.25, 0.3) is 5.91 Å². The zero-order valence-electron chi connectivity index (χ0n) is 12.1. The first-order chi connectivity index (χ1) is 9.49. The summed E-state index contributed by atoms with van der Waals surface area (Å²) in [6.45, 7) is 4.45. The fraction of sp³-hybridized carbons (Fsp3) is 0.438. The standard InChI is InChI=1S/C16H20FNO2/c1-4-12(2)11-18(3)16(20)14-8-7-13(6-5-9-19)15(17)10-14/h7-8,10,12,19H,4,9,11H2,1-3H3. The molecule has 1 N–H and O–H groups in total. The van der Waals surface area contributed by atoms with Gasteiger partial charge in [0.1, 0.15) is 12.4 Å². The van der Waals surface area contributed by atoms with Gasteiger partial charge in [0.05, 0.1) is 5.56 Å². The smallest absolute Gasteiger partial charge is 0.253 e. The Bertz CT molecular complexity index is 531. The molecule has 4 heteroatoms. The first-order valence-electron chi connectivity index (χ1n) is 6.64. The van der Waals surface area contributed by atoms with Gasteiger partial charge in [0.15, 0.2) is 0 Å². The third kappa shape index (κ3) is 4.36. The van der Waals surface area contributed by atoms with E-state index in [-0.39, 0.29) is 18.1 Å². The molecule has 0 aromatic heterocycles. The van der Waals surface area contributed by atoms with Crippen LogP contribution in [0.2, 0.25) is 0 Å². The monoisotopic (exact) mass is 277 g/mol. The molecule has 0 radical (unpaired) electrons. The van der Waals surface area contributed by atoms with Crippen molar-refractivity contribution >= 4 is 5.91 Å². The van der Waals surface area contributed by atoms with E-state index in [4.69, 9.17) is 5.11 Å². The van der Waals surface area contributed by atoms with Gasteiger partial charge >= 0.3 is 0 Å². The first kappa shape index (κ1) is 16.2. The molecule has 0 bridgehead atoms. The fourth-order valence-corrected chi connectivity index (χ4v) is 1.78. The molecule has 1 amide bonds. The second kappa shape index (κ2) is 7.66. The molecule has 0 aliphatic carbocycles. The zero-order valence-corrected chi connectivity index (χ0v) is 12.1. The zero-order chi connectivity index (χ0) is 15.1. The van der Waals surface area contributed by atoms with Gasteiger partial charge < -0.3 is 10.0 Å². The number of benzene rings is 1. The van der Waals surface area contributed by atoms with Crippen molar-refractivity contribution < 1.29 is 14.3 Å². The molecule has 1 aromatic carbocycles. The summed E-state index contributed by atoms with van der Waals surface area (Å²) in [6.07, 6.45) is 0.988. The van der Waals surface area contributed by atoms with E-state index >= 15 is 0 Å². The number of hydrogen-bond donors (Lipinski definition) is 1. The molecule has 3 nitrogen and oxygen atoms in total. The number of hydrogen-bond acceptors (Lipinski definition) is 2. The maximum Gasteiger partial charge on any atom is 0.253 e. The molecule has 0 fully saturated rings. The number of amides is 1. The van der Waals surface area contributed by atoms with Crippen LogP contribution in [0.4, 0.5) is 4.39 Å². The number of aliphatic hydroxyl groups excluding tert-OH is 1. The molecule has 0 aliphatic heterocycles. The van der Waals surface area contributed by atoms with Crippen molar-refractivity contribution in [2.45, 2.75) is 20.3 Å². The topological polar surface area (TPSA) is 40.5 Å². The van der Waals surface area contributed by atoms with Crippen LogP contribution in [0.3, 0.4) is 0 Å². The van der Waals surface area contributed by atoms with Crippen LogP contribution in [0.1, 0.15) is 36.2 Å². The Morgan fingerprint density at radius 3 is 2.75 bits per heavy atom. The Balaban J connectivity index is 2.87. The highest BCUT2D eigenvalue weighted by Crippen LogP contribution is 2.12. The van der Waals surface area contributed by atoms with Crippen LogP contribution in [0, 0.1) is 23.6 Å². The summed E-state index contributed by atoms with van der Waals surface area (Å²) in [6, 6.07) is 4.21. The van der Waals surface area contributed by atoms with Crippen molar-refractivity contribution in [3.63, 3.8) is 0 Å². The number of halogens is 1. The third-order valence-electron chi connectivity index (χ3n) is 3.15. The predicted octanol–water partition coefficient (Wildman–Crippen LogP) is 2.29. The Hall–Kier alpha value is -1.86. The van der Waals surface area contributed by atoms with Crippen LogP contribution in [0.25, 0.3) is 0 Å². The molecule has 1 aromatic rings. The SMILES string of the molecule is CCC(C)CN(C)C(=O)c1ccc(C#CCO)c(F)c1. The molecule has 1 rings (SSSR count). The van der Waals surface area contributed by atoms with Crippen LogP contribution in [0.15, 0.2) is 18.2 Å². The van der Waals surface area contributed by atoms with E-state index in [0.29, 0.717) is 18.0 Å². The highest BCUT2D eigenvalue weighted by atomic mass is 19.1. The Labute approximate surface area is 119 Å². The predicted molar refractivity (Wildman–Crippen MR) is 76.8 cm³/mol. The summed E-state index contributed by atoms with van der Waals surface area (Å²) in [5, 5.41) is 8.58. The van der Waals surface area contributed by atoms with E-state index < -0.39 is 5.82 Å². The van der Waals surface area contributed by atoms with E-state index in [0.717, 1.165) is 6.42 Å². The van der Waals surface area contributed by atoms with Crippen LogP contribution in [-0.2, 0) is 0 Å². The molecule has 0 saturated carbocycles. The Morgan fingerprint density at radius 1 is 1.50 bits per heavy atom. The summed E-state index contributed by atoms with van der Waals surface area (Å²) in [4.78, 5) is 13.8. The molecular weight excluding hydrogens is 257 g/mol. The molecule has 1 unspecified atom stereocenters. The highest BCUT2D eigenvalue weighted by Gasteiger charge is 2.15. The number of aliphatic hydroxyl groups is 1. The number of rotatable bonds is 4. The molecule has 1 atom stereocenters. The van der Waals surface area contributed by atoms with Crippen LogP contribution < -0.4 is 0 Å². The summed E-state index contributed by atoms with van der Waals surface area (Å²) < 4.78 is 13.8. The van der Waals surface area contributed by atoms with Crippen molar-refractivity contribution in [1.82, 2.24) is 4.90 Å². The van der Waals surface area contributed by atoms with Crippen molar-refractivity contribution in [1.29, 1.82) is 0 Å². The van der Waals surface area contributed by atoms with E-state index in [2.05, 4.69) is 25.7 Å². The molecule has 0 saturated heterocycles. The third-order valence-corrected chi connectivity index (χ3v) is 3.15. The van der Waals surface area contributed by atoms with Gasteiger partial charge in [-0.2, -0.15) is 0 Å². The Kier molecular flexibility index (Phi) is 6.20. The lowest BCUT2D eigenvalue weighted by molar-refractivity contribution is 0.0774. The van der Waals surface area contributed by atoms with Gasteiger partial charge in [-0.25, -0.2) is 4.39 Å². The minimum atomic E-state index is -0.547. The number of carbonyl (C=O) groups is 1. The number of nitrogens with zero attached hydrogens (tertiary/aromatic N) is 1. The van der Waals surface area contributed by atoms with E-state index in [9.17, 15) is 9.18 Å². The average molecular weight is 277 g/mol. The van der Waals surface area contributed by atoms with Gasteiger partial charge in [-0.1, -0.05) is 32.1 Å². The number of carbonyl (C=O) groups excluding carboxylic acids is 1. The molecule has 20 heavy (non-hydrogen) atoms. The lowest BCUT2D eigenvalue weighted by Crippen LogP contribution is -2.30. The summed E-state index contributed by atoms with van der Waals surface area (Å²) >= 11 is 0. The van der Waals surface area contributed by atoms with Crippen LogP contribution in [0.5, 0.6) is 0 Å². The molecule has 0 aliphatic rings. The summed E-state index contributed by atoms with van der Waals surface area (Å²) in [5.74, 6) is 4.54. The van der Waals surface area contributed by atoms with Gasteiger partial charge in [-0.15, -0.1) is 0 Å².